The average Bonchev–Trinajstić information content (AvgIpc) is 3.36. The van der Waals surface area contributed by atoms with Crippen molar-refractivity contribution in [3.63, 3.8) is 0 Å². The van der Waals surface area contributed by atoms with Crippen LogP contribution in [0.3, 0.4) is 0 Å². The maximum atomic E-state index is 12.6. The van der Waals surface area contributed by atoms with Crippen LogP contribution in [0.1, 0.15) is 49.0 Å². The number of carboxylic acid groups (broad SMARTS) is 1. The third kappa shape index (κ3) is 3.13. The van der Waals surface area contributed by atoms with Gasteiger partial charge in [0, 0.05) is 23.7 Å². The zero-order valence-corrected chi connectivity index (χ0v) is 13.9. The molecule has 2 amide bonds. The molecule has 1 unspecified atom stereocenters. The molecule has 1 aromatic carbocycles. The summed E-state index contributed by atoms with van der Waals surface area (Å²) >= 11 is 0. The normalized spacial score (nSPS) is 18.3. The molecule has 2 aliphatic rings. The molecule has 1 atom stereocenters. The molecule has 0 aromatic heterocycles. The van der Waals surface area contributed by atoms with Gasteiger partial charge in [0.1, 0.15) is 0 Å². The summed E-state index contributed by atoms with van der Waals surface area (Å²) in [6.07, 6.45) is 2.90. The fraction of sp³-hybridized carbons (Fsp3) is 0.500. The fourth-order valence-corrected chi connectivity index (χ4v) is 3.20. The van der Waals surface area contributed by atoms with E-state index < -0.39 is 17.4 Å². The summed E-state index contributed by atoms with van der Waals surface area (Å²) in [7, 11) is 0. The van der Waals surface area contributed by atoms with Crippen LogP contribution >= 0.6 is 0 Å². The van der Waals surface area contributed by atoms with Gasteiger partial charge < -0.3 is 15.7 Å². The Kier molecular flexibility index (Phi) is 4.07. The second kappa shape index (κ2) is 5.92. The number of benzene rings is 1. The van der Waals surface area contributed by atoms with E-state index in [0.29, 0.717) is 18.4 Å². The van der Waals surface area contributed by atoms with Crippen LogP contribution in [0.2, 0.25) is 0 Å². The maximum absolute atomic E-state index is 12.6. The van der Waals surface area contributed by atoms with Crippen LogP contribution in [0.25, 0.3) is 0 Å². The van der Waals surface area contributed by atoms with Crippen LogP contribution in [0.4, 0.5) is 5.69 Å². The fourth-order valence-electron chi connectivity index (χ4n) is 3.20. The number of fused-ring (bicyclic) bond motifs is 1. The quantitative estimate of drug-likeness (QED) is 0.771. The van der Waals surface area contributed by atoms with Gasteiger partial charge >= 0.3 is 5.97 Å². The molecule has 1 saturated carbocycles. The van der Waals surface area contributed by atoms with Crippen LogP contribution in [0.5, 0.6) is 0 Å². The highest BCUT2D eigenvalue weighted by Gasteiger charge is 2.46. The van der Waals surface area contributed by atoms with Crippen molar-refractivity contribution >= 4 is 23.5 Å². The first kappa shape index (κ1) is 16.5. The van der Waals surface area contributed by atoms with Gasteiger partial charge in [0.05, 0.1) is 5.41 Å². The molecule has 3 N–H and O–H groups in total. The van der Waals surface area contributed by atoms with Gasteiger partial charge in [-0.3, -0.25) is 14.4 Å². The minimum Gasteiger partial charge on any atom is -0.481 e. The van der Waals surface area contributed by atoms with Gasteiger partial charge in [-0.05, 0) is 62.8 Å². The lowest BCUT2D eigenvalue weighted by Crippen LogP contribution is -2.50. The highest BCUT2D eigenvalue weighted by atomic mass is 16.4. The monoisotopic (exact) mass is 330 g/mol. The number of carboxylic acids is 1. The number of aryl methyl sites for hydroxylation is 1. The van der Waals surface area contributed by atoms with Gasteiger partial charge in [-0.15, -0.1) is 0 Å². The summed E-state index contributed by atoms with van der Waals surface area (Å²) in [5, 5.41) is 15.2. The molecular formula is C18H22N2O4. The van der Waals surface area contributed by atoms with Crippen molar-refractivity contribution in [1.82, 2.24) is 5.32 Å². The molecule has 0 spiro atoms. The Hall–Kier alpha value is -2.37. The molecule has 6 heteroatoms. The van der Waals surface area contributed by atoms with Gasteiger partial charge in [-0.2, -0.15) is 0 Å². The van der Waals surface area contributed by atoms with Crippen LogP contribution in [0, 0.1) is 11.3 Å². The molecule has 1 heterocycles. The van der Waals surface area contributed by atoms with Gasteiger partial charge in [-0.25, -0.2) is 0 Å². The molecular weight excluding hydrogens is 308 g/mol. The highest BCUT2D eigenvalue weighted by Crippen LogP contribution is 2.41. The van der Waals surface area contributed by atoms with E-state index in [2.05, 4.69) is 10.6 Å². The maximum Gasteiger partial charge on any atom is 0.311 e. The lowest BCUT2D eigenvalue weighted by Gasteiger charge is -2.31. The number of rotatable bonds is 5. The molecule has 6 nitrogen and oxygen atoms in total. The first-order valence-corrected chi connectivity index (χ1v) is 8.26. The Balaban J connectivity index is 1.79. The van der Waals surface area contributed by atoms with E-state index in [-0.39, 0.29) is 17.7 Å². The predicted molar refractivity (Wildman–Crippen MR) is 88.8 cm³/mol. The molecule has 0 bridgehead atoms. The molecule has 24 heavy (non-hydrogen) atoms. The van der Waals surface area contributed by atoms with Gasteiger partial charge in [0.25, 0.3) is 5.91 Å². The number of nitrogens with one attached hydrogen (secondary N) is 2. The number of anilines is 1. The summed E-state index contributed by atoms with van der Waals surface area (Å²) in [5.74, 6) is -0.970. The van der Waals surface area contributed by atoms with Crippen molar-refractivity contribution in [2.45, 2.75) is 45.6 Å². The Morgan fingerprint density at radius 2 is 2.00 bits per heavy atom. The SMILES string of the molecule is CC(C)(C(=O)O)C(NC(=O)c1ccc2c(c1)CCC(=O)N2)C1CC1. The first-order valence-electron chi connectivity index (χ1n) is 8.26. The zero-order valence-electron chi connectivity index (χ0n) is 13.9. The van der Waals surface area contributed by atoms with Crippen molar-refractivity contribution in [3.05, 3.63) is 29.3 Å². The van der Waals surface area contributed by atoms with Crippen molar-refractivity contribution in [2.24, 2.45) is 11.3 Å². The minimum atomic E-state index is -1.01. The summed E-state index contributed by atoms with van der Waals surface area (Å²) < 4.78 is 0. The van der Waals surface area contributed by atoms with E-state index in [1.54, 1.807) is 32.0 Å². The number of amides is 2. The Bertz CT molecular complexity index is 707. The van der Waals surface area contributed by atoms with E-state index >= 15 is 0 Å². The molecule has 1 fully saturated rings. The lowest BCUT2D eigenvalue weighted by atomic mass is 9.81. The third-order valence-corrected chi connectivity index (χ3v) is 4.97. The number of carbonyl (C=O) groups excluding carboxylic acids is 2. The lowest BCUT2D eigenvalue weighted by molar-refractivity contribution is -0.148. The van der Waals surface area contributed by atoms with E-state index in [0.717, 1.165) is 24.1 Å². The summed E-state index contributed by atoms with van der Waals surface area (Å²) in [5.41, 5.74) is 1.16. The second-order valence-electron chi connectivity index (χ2n) is 7.24. The number of hydrogen-bond acceptors (Lipinski definition) is 3. The van der Waals surface area contributed by atoms with Crippen molar-refractivity contribution in [2.75, 3.05) is 5.32 Å². The topological polar surface area (TPSA) is 95.5 Å². The average molecular weight is 330 g/mol. The summed E-state index contributed by atoms with van der Waals surface area (Å²) in [4.78, 5) is 35.6. The van der Waals surface area contributed by atoms with Crippen molar-refractivity contribution in [1.29, 1.82) is 0 Å². The van der Waals surface area contributed by atoms with E-state index in [1.165, 1.54) is 0 Å². The molecule has 128 valence electrons. The van der Waals surface area contributed by atoms with Crippen LogP contribution in [-0.2, 0) is 16.0 Å². The molecule has 0 saturated heterocycles. The van der Waals surface area contributed by atoms with Crippen LogP contribution in [-0.4, -0.2) is 28.9 Å². The Morgan fingerprint density at radius 1 is 1.29 bits per heavy atom. The minimum absolute atomic E-state index is 0.0169. The zero-order chi connectivity index (χ0) is 17.5. The number of carbonyl (C=O) groups is 3. The summed E-state index contributed by atoms with van der Waals surface area (Å²) in [6.45, 7) is 3.31. The number of aliphatic carboxylic acids is 1. The first-order chi connectivity index (χ1) is 11.3. The highest BCUT2D eigenvalue weighted by molar-refractivity contribution is 5.98. The third-order valence-electron chi connectivity index (χ3n) is 4.97. The van der Waals surface area contributed by atoms with Crippen molar-refractivity contribution < 1.29 is 19.5 Å². The predicted octanol–water partition coefficient (Wildman–Crippen LogP) is 2.19. The van der Waals surface area contributed by atoms with Crippen LogP contribution in [0.15, 0.2) is 18.2 Å². The standard InChI is InChI=1S/C18H22N2O4/c1-18(2,17(23)24)15(10-3-4-10)20-16(22)12-5-7-13-11(9-12)6-8-14(21)19-13/h5,7,9-10,15H,3-4,6,8H2,1-2H3,(H,19,21)(H,20,22)(H,23,24). The summed E-state index contributed by atoms with van der Waals surface area (Å²) in [6, 6.07) is 4.79. The largest absolute Gasteiger partial charge is 0.481 e. The second-order valence-corrected chi connectivity index (χ2v) is 7.24. The number of hydrogen-bond donors (Lipinski definition) is 3. The molecule has 3 rings (SSSR count). The van der Waals surface area contributed by atoms with Gasteiger partial charge in [0.15, 0.2) is 0 Å². The van der Waals surface area contributed by atoms with Gasteiger partial charge in [0.2, 0.25) is 5.91 Å². The molecule has 1 aromatic rings. The van der Waals surface area contributed by atoms with Gasteiger partial charge in [-0.1, -0.05) is 0 Å². The van der Waals surface area contributed by atoms with E-state index in [1.807, 2.05) is 0 Å². The smallest absolute Gasteiger partial charge is 0.311 e. The molecule has 1 aliphatic carbocycles. The van der Waals surface area contributed by atoms with E-state index in [4.69, 9.17) is 0 Å². The van der Waals surface area contributed by atoms with Crippen LogP contribution < -0.4 is 10.6 Å². The molecule has 0 radical (unpaired) electrons. The van der Waals surface area contributed by atoms with Crippen molar-refractivity contribution in [3.8, 4) is 0 Å². The Morgan fingerprint density at radius 3 is 2.62 bits per heavy atom. The Labute approximate surface area is 140 Å². The van der Waals surface area contributed by atoms with E-state index in [9.17, 15) is 19.5 Å². The molecule has 1 aliphatic heterocycles.